The highest BCUT2D eigenvalue weighted by molar-refractivity contribution is 7.09. The highest BCUT2D eigenvalue weighted by Crippen LogP contribution is 2.28. The van der Waals surface area contributed by atoms with E-state index in [9.17, 15) is 4.79 Å². The van der Waals surface area contributed by atoms with E-state index in [0.717, 1.165) is 37.5 Å². The van der Waals surface area contributed by atoms with Gasteiger partial charge in [-0.15, -0.1) is 11.3 Å². The predicted octanol–water partition coefficient (Wildman–Crippen LogP) is 1.23. The molecule has 0 saturated carbocycles. The highest BCUT2D eigenvalue weighted by Gasteiger charge is 2.34. The smallest absolute Gasteiger partial charge is 0.242 e. The number of amides is 1. The van der Waals surface area contributed by atoms with Crippen LogP contribution in [0, 0.1) is 0 Å². The molecule has 2 aliphatic rings. The molecule has 1 aromatic heterocycles. The maximum Gasteiger partial charge on any atom is 0.242 e. The van der Waals surface area contributed by atoms with Crippen molar-refractivity contribution in [2.45, 2.75) is 37.8 Å². The van der Waals surface area contributed by atoms with Crippen LogP contribution in [0.5, 0.6) is 0 Å². The van der Waals surface area contributed by atoms with E-state index in [-0.39, 0.29) is 18.1 Å². The largest absolute Gasteiger partial charge is 0.375 e. The van der Waals surface area contributed by atoms with Crippen LogP contribution >= 0.6 is 11.3 Å². The van der Waals surface area contributed by atoms with E-state index in [1.165, 1.54) is 0 Å². The van der Waals surface area contributed by atoms with Crippen LogP contribution in [0.4, 0.5) is 0 Å². The molecule has 0 bridgehead atoms. The van der Waals surface area contributed by atoms with Crippen LogP contribution in [0.1, 0.15) is 30.7 Å². The average molecular weight is 295 g/mol. The van der Waals surface area contributed by atoms with Crippen molar-refractivity contribution >= 4 is 17.2 Å². The summed E-state index contributed by atoms with van der Waals surface area (Å²) in [4.78, 5) is 19.0. The summed E-state index contributed by atoms with van der Waals surface area (Å²) < 4.78 is 5.58. The third kappa shape index (κ3) is 2.87. The molecular formula is C14H21N3O2S. The minimum atomic E-state index is -0.196. The summed E-state index contributed by atoms with van der Waals surface area (Å²) in [7, 11) is 0. The van der Waals surface area contributed by atoms with Crippen molar-refractivity contribution in [1.29, 1.82) is 0 Å². The summed E-state index contributed by atoms with van der Waals surface area (Å²) >= 11 is 1.69. The van der Waals surface area contributed by atoms with Crippen molar-refractivity contribution in [1.82, 2.24) is 15.2 Å². The summed E-state index contributed by atoms with van der Waals surface area (Å²) in [5.41, 5.74) is 0. The van der Waals surface area contributed by atoms with Gasteiger partial charge in [0.15, 0.2) is 0 Å². The molecule has 6 heteroatoms. The Bertz CT molecular complexity index is 451. The molecule has 1 N–H and O–H groups in total. The number of thiazole rings is 1. The summed E-state index contributed by atoms with van der Waals surface area (Å²) in [6, 6.07) is -0.196. The highest BCUT2D eigenvalue weighted by atomic mass is 32.1. The first-order valence-electron chi connectivity index (χ1n) is 7.29. The van der Waals surface area contributed by atoms with Crippen LogP contribution in [-0.4, -0.2) is 54.2 Å². The van der Waals surface area contributed by atoms with Gasteiger partial charge in [-0.3, -0.25) is 4.79 Å². The number of rotatable bonds is 2. The first-order chi connectivity index (χ1) is 9.75. The van der Waals surface area contributed by atoms with Crippen LogP contribution in [0.25, 0.3) is 0 Å². The monoisotopic (exact) mass is 295 g/mol. The second-order valence-corrected chi connectivity index (χ2v) is 6.43. The molecule has 1 aromatic rings. The van der Waals surface area contributed by atoms with Gasteiger partial charge < -0.3 is 15.0 Å². The summed E-state index contributed by atoms with van der Waals surface area (Å²) in [5, 5.41) is 6.45. The van der Waals surface area contributed by atoms with Gasteiger partial charge in [0.05, 0.1) is 17.7 Å². The Morgan fingerprint density at radius 1 is 1.60 bits per heavy atom. The fourth-order valence-electron chi connectivity index (χ4n) is 3.02. The predicted molar refractivity (Wildman–Crippen MR) is 77.9 cm³/mol. The lowest BCUT2D eigenvalue weighted by Gasteiger charge is -2.37. The quantitative estimate of drug-likeness (QED) is 0.891. The van der Waals surface area contributed by atoms with E-state index in [2.05, 4.69) is 10.3 Å². The Hall–Kier alpha value is -0.980. The van der Waals surface area contributed by atoms with Gasteiger partial charge in [0.2, 0.25) is 5.91 Å². The Labute approximate surface area is 123 Å². The molecule has 2 aliphatic heterocycles. The van der Waals surface area contributed by atoms with Gasteiger partial charge >= 0.3 is 0 Å². The van der Waals surface area contributed by atoms with Crippen LogP contribution in [0.2, 0.25) is 0 Å². The Kier molecular flexibility index (Phi) is 4.33. The van der Waals surface area contributed by atoms with E-state index in [0.29, 0.717) is 12.5 Å². The number of nitrogens with zero attached hydrogens (tertiary/aromatic N) is 2. The van der Waals surface area contributed by atoms with Crippen molar-refractivity contribution < 1.29 is 9.53 Å². The van der Waals surface area contributed by atoms with Gasteiger partial charge in [0.25, 0.3) is 0 Å². The Morgan fingerprint density at radius 2 is 2.50 bits per heavy atom. The molecule has 3 rings (SSSR count). The molecule has 110 valence electrons. The average Bonchev–Trinajstić information content (AvgIpc) is 3.01. The number of aromatic nitrogens is 1. The number of piperidine rings is 1. The van der Waals surface area contributed by atoms with E-state index in [1.807, 2.05) is 23.4 Å². The zero-order valence-electron chi connectivity index (χ0n) is 11.7. The van der Waals surface area contributed by atoms with Crippen molar-refractivity contribution in [2.24, 2.45) is 0 Å². The molecule has 2 saturated heterocycles. The number of hydrogen-bond acceptors (Lipinski definition) is 5. The number of carbonyl (C=O) groups is 1. The fraction of sp³-hybridized carbons (Fsp3) is 0.714. The molecule has 3 atom stereocenters. The zero-order valence-corrected chi connectivity index (χ0v) is 12.6. The van der Waals surface area contributed by atoms with Crippen LogP contribution in [0.15, 0.2) is 11.6 Å². The molecule has 1 amide bonds. The number of likely N-dealkylation sites (tertiary alicyclic amines) is 1. The van der Waals surface area contributed by atoms with Gasteiger partial charge in [-0.25, -0.2) is 4.98 Å². The molecule has 5 nitrogen and oxygen atoms in total. The second kappa shape index (κ2) is 6.20. The number of ether oxygens (including phenoxy) is 1. The number of morpholine rings is 1. The number of hydrogen-bond donors (Lipinski definition) is 1. The first-order valence-corrected chi connectivity index (χ1v) is 8.17. The molecule has 0 spiro atoms. The lowest BCUT2D eigenvalue weighted by atomic mass is 9.97. The zero-order chi connectivity index (χ0) is 13.9. The maximum atomic E-state index is 12.6. The lowest BCUT2D eigenvalue weighted by Crippen LogP contribution is -2.57. The van der Waals surface area contributed by atoms with Crippen molar-refractivity contribution in [3.05, 3.63) is 16.6 Å². The minimum absolute atomic E-state index is 0.0449. The maximum absolute atomic E-state index is 12.6. The molecule has 0 radical (unpaired) electrons. The third-order valence-corrected chi connectivity index (χ3v) is 5.05. The summed E-state index contributed by atoms with van der Waals surface area (Å²) in [6.45, 7) is 5.05. The Morgan fingerprint density at radius 3 is 3.25 bits per heavy atom. The molecule has 3 heterocycles. The third-order valence-electron chi connectivity index (χ3n) is 4.12. The van der Waals surface area contributed by atoms with Crippen molar-refractivity contribution in [2.75, 3.05) is 26.2 Å². The Balaban J connectivity index is 1.65. The lowest BCUT2D eigenvalue weighted by molar-refractivity contribution is -0.140. The molecule has 0 aliphatic carbocycles. The van der Waals surface area contributed by atoms with Gasteiger partial charge in [-0.1, -0.05) is 0 Å². The van der Waals surface area contributed by atoms with Crippen LogP contribution < -0.4 is 5.32 Å². The molecule has 2 fully saturated rings. The van der Waals surface area contributed by atoms with E-state index < -0.39 is 0 Å². The first kappa shape index (κ1) is 14.0. The molecule has 1 unspecified atom stereocenters. The van der Waals surface area contributed by atoms with E-state index in [1.54, 1.807) is 11.3 Å². The van der Waals surface area contributed by atoms with Gasteiger partial charge in [-0.05, 0) is 19.8 Å². The molecule has 0 aromatic carbocycles. The van der Waals surface area contributed by atoms with Crippen molar-refractivity contribution in [3.63, 3.8) is 0 Å². The molecule has 20 heavy (non-hydrogen) atoms. The van der Waals surface area contributed by atoms with E-state index >= 15 is 0 Å². The minimum Gasteiger partial charge on any atom is -0.375 e. The van der Waals surface area contributed by atoms with Crippen molar-refractivity contribution in [3.8, 4) is 0 Å². The summed E-state index contributed by atoms with van der Waals surface area (Å²) in [5.74, 6) is 0.575. The number of nitrogens with one attached hydrogen (secondary N) is 1. The van der Waals surface area contributed by atoms with Crippen LogP contribution in [0.3, 0.4) is 0 Å². The number of carbonyl (C=O) groups excluding carboxylic acids is 1. The molecular weight excluding hydrogens is 274 g/mol. The van der Waals surface area contributed by atoms with Gasteiger partial charge in [-0.2, -0.15) is 0 Å². The van der Waals surface area contributed by atoms with Gasteiger partial charge in [0, 0.05) is 37.1 Å². The van der Waals surface area contributed by atoms with E-state index in [4.69, 9.17) is 4.74 Å². The fourth-order valence-corrected chi connectivity index (χ4v) is 3.79. The topological polar surface area (TPSA) is 54.5 Å². The second-order valence-electron chi connectivity index (χ2n) is 5.50. The summed E-state index contributed by atoms with van der Waals surface area (Å²) in [6.07, 6.45) is 3.98. The standard InChI is InChI=1S/C14H21N3O2S/c1-10-12(15-4-7-19-10)14(18)17-6-2-3-11(9-17)13-16-5-8-20-13/h5,8,10-12,15H,2-4,6-7,9H2,1H3/t10-,11?,12+/m1/s1. The SMILES string of the molecule is C[C@H]1OCCN[C@@H]1C(=O)N1CCCC(c2nccs2)C1. The normalized spacial score (nSPS) is 31.2. The van der Waals surface area contributed by atoms with Crippen LogP contribution in [-0.2, 0) is 9.53 Å². The van der Waals surface area contributed by atoms with Gasteiger partial charge in [0.1, 0.15) is 6.04 Å².